The zero-order valence-corrected chi connectivity index (χ0v) is 21.3. The Morgan fingerprint density at radius 3 is 2.64 bits per heavy atom. The highest BCUT2D eigenvalue weighted by Crippen LogP contribution is 2.35. The number of amidine groups is 2. The summed E-state index contributed by atoms with van der Waals surface area (Å²) in [5.41, 5.74) is 3.01. The molecular weight excluding hydrogens is 519 g/mol. The van der Waals surface area contributed by atoms with Gasteiger partial charge in [0.1, 0.15) is 23.3 Å². The van der Waals surface area contributed by atoms with Crippen molar-refractivity contribution < 1.29 is 14.0 Å². The van der Waals surface area contributed by atoms with Gasteiger partial charge in [0.05, 0.1) is 17.8 Å². The lowest BCUT2D eigenvalue weighted by atomic mass is 10.1. The maximum Gasteiger partial charge on any atom is 0.271 e. The van der Waals surface area contributed by atoms with Gasteiger partial charge in [-0.1, -0.05) is 42.1 Å². The van der Waals surface area contributed by atoms with E-state index in [9.17, 15) is 18.8 Å². The first-order valence-corrected chi connectivity index (χ1v) is 13.2. The van der Waals surface area contributed by atoms with E-state index in [0.717, 1.165) is 5.56 Å². The first kappa shape index (κ1) is 24.7. The van der Waals surface area contributed by atoms with Gasteiger partial charge in [0.25, 0.3) is 11.5 Å². The van der Waals surface area contributed by atoms with Crippen LogP contribution >= 0.6 is 11.8 Å². The Balaban J connectivity index is 1.24. The van der Waals surface area contributed by atoms with Crippen molar-refractivity contribution in [1.82, 2.24) is 19.6 Å². The molecule has 0 bridgehead atoms. The van der Waals surface area contributed by atoms with E-state index >= 15 is 0 Å². The van der Waals surface area contributed by atoms with Crippen LogP contribution in [0.2, 0.25) is 0 Å². The molecule has 11 heteroatoms. The molecule has 0 saturated carbocycles. The summed E-state index contributed by atoms with van der Waals surface area (Å²) in [6.45, 7) is 0.204. The predicted octanol–water partition coefficient (Wildman–Crippen LogP) is 3.43. The molecule has 1 atom stereocenters. The molecule has 0 fully saturated rings. The zero-order chi connectivity index (χ0) is 26.9. The van der Waals surface area contributed by atoms with Gasteiger partial charge < -0.3 is 5.32 Å². The standard InChI is InChI=1S/C28H21FN6O3S/c29-18-10-8-17(9-11-18)15-30-24(36)14-22-27(38)33-26-20-5-1-2-6-21(20)32-28(35(22)26)39-16-19-13-25(37)34-12-4-3-7-23(34)31-19/h1-13,22H,14-16H2,(H,30,36). The summed E-state index contributed by atoms with van der Waals surface area (Å²) in [6, 6.07) is 19.1. The van der Waals surface area contributed by atoms with Crippen molar-refractivity contribution in [2.24, 2.45) is 9.98 Å². The van der Waals surface area contributed by atoms with Crippen LogP contribution in [-0.4, -0.2) is 43.1 Å². The maximum atomic E-state index is 13.2. The van der Waals surface area contributed by atoms with Gasteiger partial charge in [-0.2, -0.15) is 4.99 Å². The van der Waals surface area contributed by atoms with Crippen molar-refractivity contribution in [1.29, 1.82) is 0 Å². The first-order chi connectivity index (χ1) is 19.0. The van der Waals surface area contributed by atoms with Crippen LogP contribution in [0, 0.1) is 5.82 Å². The fourth-order valence-electron chi connectivity index (χ4n) is 4.47. The van der Waals surface area contributed by atoms with Crippen molar-refractivity contribution in [2.45, 2.75) is 24.8 Å². The molecule has 9 nitrogen and oxygen atoms in total. The molecule has 0 spiro atoms. The minimum atomic E-state index is -0.872. The van der Waals surface area contributed by atoms with E-state index in [4.69, 9.17) is 4.99 Å². The van der Waals surface area contributed by atoms with Crippen LogP contribution in [0.5, 0.6) is 0 Å². The summed E-state index contributed by atoms with van der Waals surface area (Å²) in [5, 5.41) is 3.28. The number of halogens is 1. The van der Waals surface area contributed by atoms with Crippen LogP contribution in [0.25, 0.3) is 5.65 Å². The number of benzene rings is 2. The smallest absolute Gasteiger partial charge is 0.271 e. The number of nitrogens with one attached hydrogen (secondary N) is 1. The third kappa shape index (κ3) is 4.96. The number of aromatic nitrogens is 2. The fraction of sp³-hybridized carbons (Fsp3) is 0.143. The van der Waals surface area contributed by atoms with Gasteiger partial charge in [0.2, 0.25) is 5.91 Å². The number of para-hydroxylation sites is 1. The molecule has 2 aliphatic heterocycles. The molecule has 0 saturated heterocycles. The second-order valence-corrected chi connectivity index (χ2v) is 9.92. The summed E-state index contributed by atoms with van der Waals surface area (Å²) < 4.78 is 14.6. The Labute approximate surface area is 226 Å². The van der Waals surface area contributed by atoms with E-state index in [0.29, 0.717) is 39.3 Å². The molecule has 2 aromatic carbocycles. The first-order valence-electron chi connectivity index (χ1n) is 12.2. The fourth-order valence-corrected chi connectivity index (χ4v) is 5.41. The van der Waals surface area contributed by atoms with E-state index < -0.39 is 11.9 Å². The average molecular weight is 541 g/mol. The lowest BCUT2D eigenvalue weighted by Gasteiger charge is -2.30. The molecule has 2 amide bonds. The molecule has 194 valence electrons. The van der Waals surface area contributed by atoms with Crippen LogP contribution in [-0.2, 0) is 21.9 Å². The number of carbonyl (C=O) groups excluding carboxylic acids is 2. The van der Waals surface area contributed by atoms with E-state index in [-0.39, 0.29) is 30.2 Å². The molecule has 2 aromatic heterocycles. The molecule has 4 aromatic rings. The molecule has 2 aliphatic rings. The van der Waals surface area contributed by atoms with Crippen molar-refractivity contribution in [3.8, 4) is 0 Å². The summed E-state index contributed by atoms with van der Waals surface area (Å²) in [6.07, 6.45) is 1.53. The highest BCUT2D eigenvalue weighted by molar-refractivity contribution is 8.13. The maximum absolute atomic E-state index is 13.2. The summed E-state index contributed by atoms with van der Waals surface area (Å²) in [5.74, 6) is -0.375. The van der Waals surface area contributed by atoms with Crippen LogP contribution in [0.4, 0.5) is 10.1 Å². The van der Waals surface area contributed by atoms with Gasteiger partial charge in [-0.05, 0) is 42.0 Å². The molecule has 6 rings (SSSR count). The van der Waals surface area contributed by atoms with Crippen molar-refractivity contribution in [3.63, 3.8) is 0 Å². The summed E-state index contributed by atoms with van der Waals surface area (Å²) >= 11 is 1.32. The second kappa shape index (κ2) is 10.3. The third-order valence-corrected chi connectivity index (χ3v) is 7.35. The molecule has 1 N–H and O–H groups in total. The van der Waals surface area contributed by atoms with Crippen molar-refractivity contribution in [2.75, 3.05) is 0 Å². The van der Waals surface area contributed by atoms with Gasteiger partial charge in [0, 0.05) is 30.1 Å². The number of carbonyl (C=O) groups is 2. The van der Waals surface area contributed by atoms with Crippen molar-refractivity contribution >= 4 is 45.9 Å². The van der Waals surface area contributed by atoms with E-state index in [1.165, 1.54) is 34.4 Å². The number of pyridine rings is 1. The van der Waals surface area contributed by atoms with Gasteiger partial charge >= 0.3 is 0 Å². The summed E-state index contributed by atoms with van der Waals surface area (Å²) in [4.78, 5) is 53.8. The molecule has 0 aliphatic carbocycles. The molecule has 0 radical (unpaired) electrons. The zero-order valence-electron chi connectivity index (χ0n) is 20.5. The Kier molecular flexibility index (Phi) is 6.49. The van der Waals surface area contributed by atoms with E-state index in [1.54, 1.807) is 35.4 Å². The van der Waals surface area contributed by atoms with E-state index in [1.807, 2.05) is 30.3 Å². The minimum absolute atomic E-state index is 0.135. The Bertz CT molecular complexity index is 1730. The molecule has 39 heavy (non-hydrogen) atoms. The topological polar surface area (TPSA) is 108 Å². The Hall–Kier alpha value is -4.64. The number of fused-ring (bicyclic) bond motifs is 4. The number of rotatable bonds is 6. The molecular formula is C28H21FN6O3S. The summed E-state index contributed by atoms with van der Waals surface area (Å²) in [7, 11) is 0. The number of aliphatic imine (C=N–C) groups is 2. The molecule has 4 heterocycles. The number of hydrogen-bond donors (Lipinski definition) is 1. The highest BCUT2D eigenvalue weighted by Gasteiger charge is 2.42. The number of hydrogen-bond acceptors (Lipinski definition) is 7. The predicted molar refractivity (Wildman–Crippen MR) is 146 cm³/mol. The van der Waals surface area contributed by atoms with Crippen LogP contribution in [0.1, 0.15) is 23.2 Å². The number of thioether (sulfide) groups is 1. The number of nitrogens with zero attached hydrogens (tertiary/aromatic N) is 5. The van der Waals surface area contributed by atoms with E-state index in [2.05, 4.69) is 15.3 Å². The number of amides is 2. The lowest BCUT2D eigenvalue weighted by molar-refractivity contribution is -0.126. The highest BCUT2D eigenvalue weighted by atomic mass is 32.2. The Morgan fingerprint density at radius 2 is 1.79 bits per heavy atom. The second-order valence-electron chi connectivity index (χ2n) is 8.98. The van der Waals surface area contributed by atoms with Gasteiger partial charge in [0.15, 0.2) is 5.17 Å². The van der Waals surface area contributed by atoms with Gasteiger partial charge in [-0.3, -0.25) is 23.7 Å². The lowest BCUT2D eigenvalue weighted by Crippen LogP contribution is -2.45. The Morgan fingerprint density at radius 1 is 1.00 bits per heavy atom. The van der Waals surface area contributed by atoms with Crippen LogP contribution < -0.4 is 10.9 Å². The quantitative estimate of drug-likeness (QED) is 0.402. The largest absolute Gasteiger partial charge is 0.352 e. The minimum Gasteiger partial charge on any atom is -0.352 e. The third-order valence-electron chi connectivity index (χ3n) is 6.36. The molecule has 1 unspecified atom stereocenters. The van der Waals surface area contributed by atoms with Crippen molar-refractivity contribution in [3.05, 3.63) is 112 Å². The van der Waals surface area contributed by atoms with Crippen LogP contribution in [0.15, 0.2) is 93.8 Å². The average Bonchev–Trinajstić information content (AvgIpc) is 3.27. The van der Waals surface area contributed by atoms with Gasteiger partial charge in [-0.25, -0.2) is 14.4 Å². The normalized spacial score (nSPS) is 16.0. The van der Waals surface area contributed by atoms with Gasteiger partial charge in [-0.15, -0.1) is 0 Å². The monoisotopic (exact) mass is 540 g/mol. The SMILES string of the molecule is O=C(CC1C(=O)N=C2c3ccccc3N=C(SCc3cc(=O)n4ccccc4n3)N21)NCc1ccc(F)cc1. The van der Waals surface area contributed by atoms with Crippen LogP contribution in [0.3, 0.4) is 0 Å².